The number of carbonyl (C=O) groups excluding carboxylic acids is 1. The Kier molecular flexibility index (Phi) is 6.73. The fraction of sp³-hybridized carbons (Fsp3) is 0.684. The highest BCUT2D eigenvalue weighted by Crippen LogP contribution is 2.18. The van der Waals surface area contributed by atoms with Crippen LogP contribution in [0, 0.1) is 0 Å². The Morgan fingerprint density at radius 1 is 1.33 bits per heavy atom. The molecule has 150 valence electrons. The van der Waals surface area contributed by atoms with Crippen molar-refractivity contribution < 1.29 is 13.9 Å². The normalized spacial score (nSPS) is 22.4. The number of furan rings is 1. The van der Waals surface area contributed by atoms with Gasteiger partial charge in [0.25, 0.3) is 5.91 Å². The highest BCUT2D eigenvalue weighted by atomic mass is 16.5. The summed E-state index contributed by atoms with van der Waals surface area (Å²) >= 11 is 0. The summed E-state index contributed by atoms with van der Waals surface area (Å²) in [7, 11) is 5.87. The Hall–Kier alpha value is -2.06. The van der Waals surface area contributed by atoms with Crippen LogP contribution in [0.2, 0.25) is 0 Å². The van der Waals surface area contributed by atoms with Gasteiger partial charge in [0.15, 0.2) is 5.96 Å². The van der Waals surface area contributed by atoms with E-state index >= 15 is 0 Å². The lowest BCUT2D eigenvalue weighted by Gasteiger charge is -2.37. The van der Waals surface area contributed by atoms with Crippen molar-refractivity contribution in [1.29, 1.82) is 0 Å². The van der Waals surface area contributed by atoms with Gasteiger partial charge in [-0.15, -0.1) is 0 Å². The molecule has 0 radical (unpaired) electrons. The van der Waals surface area contributed by atoms with Crippen LogP contribution in [0.15, 0.2) is 27.8 Å². The zero-order chi connectivity index (χ0) is 19.2. The third kappa shape index (κ3) is 4.81. The van der Waals surface area contributed by atoms with Gasteiger partial charge in [-0.05, 0) is 39.1 Å². The topological polar surface area (TPSA) is 73.6 Å². The van der Waals surface area contributed by atoms with Crippen LogP contribution in [-0.2, 0) is 9.53 Å². The average Bonchev–Trinajstić information content (AvgIpc) is 3.38. The maximum atomic E-state index is 12.5. The lowest BCUT2D eigenvalue weighted by atomic mass is 10.2. The molecule has 0 spiro atoms. The van der Waals surface area contributed by atoms with Crippen molar-refractivity contribution in [3.63, 3.8) is 0 Å². The summed E-state index contributed by atoms with van der Waals surface area (Å²) in [4.78, 5) is 23.2. The van der Waals surface area contributed by atoms with Gasteiger partial charge >= 0.3 is 0 Å². The monoisotopic (exact) mass is 377 g/mol. The van der Waals surface area contributed by atoms with E-state index in [1.54, 1.807) is 13.3 Å². The van der Waals surface area contributed by atoms with E-state index in [9.17, 15) is 4.79 Å². The Labute approximate surface area is 161 Å². The number of ether oxygens (including phenoxy) is 1. The number of hydrogen-bond donors (Lipinski definition) is 1. The van der Waals surface area contributed by atoms with E-state index in [4.69, 9.17) is 9.15 Å². The van der Waals surface area contributed by atoms with Gasteiger partial charge in [-0.25, -0.2) is 0 Å². The number of likely N-dealkylation sites (N-methyl/N-ethyl adjacent to an activating group) is 1. The van der Waals surface area contributed by atoms with Crippen LogP contribution >= 0.6 is 0 Å². The predicted molar refractivity (Wildman–Crippen MR) is 104 cm³/mol. The van der Waals surface area contributed by atoms with E-state index in [1.165, 1.54) is 0 Å². The van der Waals surface area contributed by atoms with Crippen molar-refractivity contribution in [1.82, 2.24) is 20.0 Å². The fourth-order valence-corrected chi connectivity index (χ4v) is 3.65. The number of guanidine groups is 1. The van der Waals surface area contributed by atoms with Crippen molar-refractivity contribution in [3.05, 3.63) is 24.2 Å². The van der Waals surface area contributed by atoms with Crippen LogP contribution in [0.4, 0.5) is 0 Å². The number of carbonyl (C=O) groups is 1. The second-order valence-corrected chi connectivity index (χ2v) is 7.24. The smallest absolute Gasteiger partial charge is 0.251 e. The number of rotatable bonds is 5. The number of hydrogen-bond acceptors (Lipinski definition) is 5. The van der Waals surface area contributed by atoms with E-state index in [1.807, 2.05) is 31.1 Å². The average molecular weight is 377 g/mol. The summed E-state index contributed by atoms with van der Waals surface area (Å²) < 4.78 is 11.1. The Balaban J connectivity index is 1.50. The highest BCUT2D eigenvalue weighted by molar-refractivity contribution is 5.82. The lowest BCUT2D eigenvalue weighted by molar-refractivity contribution is -0.142. The van der Waals surface area contributed by atoms with Gasteiger partial charge in [0.2, 0.25) is 0 Å². The molecule has 8 nitrogen and oxygen atoms in total. The van der Waals surface area contributed by atoms with Gasteiger partial charge in [-0.2, -0.15) is 0 Å². The lowest BCUT2D eigenvalue weighted by Crippen LogP contribution is -2.55. The molecule has 8 heteroatoms. The molecule has 2 aliphatic rings. The zero-order valence-electron chi connectivity index (χ0n) is 16.6. The SMILES string of the molecule is CN=C(NCC(c1ccco1)N(C)C)N1CCN(C(=O)C2CCCO2)CC1. The Bertz CT molecular complexity index is 617. The molecule has 2 fully saturated rings. The molecular formula is C19H31N5O3. The quantitative estimate of drug-likeness (QED) is 0.604. The van der Waals surface area contributed by atoms with Gasteiger partial charge in [-0.3, -0.25) is 14.7 Å². The Morgan fingerprint density at radius 3 is 2.63 bits per heavy atom. The van der Waals surface area contributed by atoms with E-state index in [0.29, 0.717) is 26.2 Å². The first-order chi connectivity index (χ1) is 13.1. The number of aliphatic imine (C=N–C) groups is 1. The first-order valence-electron chi connectivity index (χ1n) is 9.66. The standard InChI is InChI=1S/C19H31N5O3/c1-20-19(21-14-15(22(2)3)16-6-4-12-26-16)24-10-8-23(9-11-24)18(25)17-7-5-13-27-17/h4,6,12,15,17H,5,7-11,13-14H2,1-3H3,(H,20,21). The fourth-order valence-electron chi connectivity index (χ4n) is 3.65. The summed E-state index contributed by atoms with van der Waals surface area (Å²) in [6.45, 7) is 4.35. The van der Waals surface area contributed by atoms with Gasteiger partial charge < -0.3 is 24.3 Å². The summed E-state index contributed by atoms with van der Waals surface area (Å²) in [5.41, 5.74) is 0. The third-order valence-electron chi connectivity index (χ3n) is 5.26. The molecule has 0 aliphatic carbocycles. The minimum Gasteiger partial charge on any atom is -0.468 e. The maximum absolute atomic E-state index is 12.5. The van der Waals surface area contributed by atoms with E-state index < -0.39 is 0 Å². The van der Waals surface area contributed by atoms with Crippen LogP contribution < -0.4 is 5.32 Å². The first kappa shape index (κ1) is 19.7. The number of nitrogens with zero attached hydrogens (tertiary/aromatic N) is 4. The van der Waals surface area contributed by atoms with Gasteiger partial charge in [0, 0.05) is 46.4 Å². The van der Waals surface area contributed by atoms with Gasteiger partial charge in [0.05, 0.1) is 12.3 Å². The van der Waals surface area contributed by atoms with Crippen LogP contribution in [0.5, 0.6) is 0 Å². The number of nitrogens with one attached hydrogen (secondary N) is 1. The molecule has 1 amide bonds. The van der Waals surface area contributed by atoms with E-state index in [-0.39, 0.29) is 18.1 Å². The van der Waals surface area contributed by atoms with Crippen LogP contribution in [-0.4, -0.2) is 93.1 Å². The number of amides is 1. The summed E-state index contributed by atoms with van der Waals surface area (Å²) in [5.74, 6) is 1.92. The van der Waals surface area contributed by atoms with Crippen molar-refractivity contribution in [2.75, 3.05) is 60.5 Å². The van der Waals surface area contributed by atoms with Gasteiger partial charge in [-0.1, -0.05) is 0 Å². The molecule has 3 rings (SSSR count). The minimum absolute atomic E-state index is 0.124. The van der Waals surface area contributed by atoms with Crippen molar-refractivity contribution in [2.24, 2.45) is 4.99 Å². The number of piperazine rings is 1. The summed E-state index contributed by atoms with van der Waals surface area (Å²) in [6, 6.07) is 4.02. The molecule has 3 heterocycles. The van der Waals surface area contributed by atoms with E-state index in [2.05, 4.69) is 20.1 Å². The molecule has 2 unspecified atom stereocenters. The third-order valence-corrected chi connectivity index (χ3v) is 5.26. The van der Waals surface area contributed by atoms with Gasteiger partial charge in [0.1, 0.15) is 11.9 Å². The second-order valence-electron chi connectivity index (χ2n) is 7.24. The zero-order valence-corrected chi connectivity index (χ0v) is 16.6. The molecule has 27 heavy (non-hydrogen) atoms. The molecule has 1 aromatic heterocycles. The largest absolute Gasteiger partial charge is 0.468 e. The molecule has 2 atom stereocenters. The second kappa shape index (κ2) is 9.23. The highest BCUT2D eigenvalue weighted by Gasteiger charge is 2.31. The van der Waals surface area contributed by atoms with Crippen LogP contribution in [0.3, 0.4) is 0 Å². The van der Waals surface area contributed by atoms with Crippen molar-refractivity contribution >= 4 is 11.9 Å². The van der Waals surface area contributed by atoms with E-state index in [0.717, 1.165) is 37.7 Å². The molecule has 0 aromatic carbocycles. The molecule has 0 bridgehead atoms. The van der Waals surface area contributed by atoms with Crippen LogP contribution in [0.1, 0.15) is 24.6 Å². The summed E-state index contributed by atoms with van der Waals surface area (Å²) in [6.07, 6.45) is 3.30. The van der Waals surface area contributed by atoms with Crippen molar-refractivity contribution in [3.8, 4) is 0 Å². The molecule has 1 N–H and O–H groups in total. The molecule has 2 aliphatic heterocycles. The molecule has 0 saturated carbocycles. The molecule has 2 saturated heterocycles. The molecule has 1 aromatic rings. The van der Waals surface area contributed by atoms with Crippen molar-refractivity contribution in [2.45, 2.75) is 25.0 Å². The summed E-state index contributed by atoms with van der Waals surface area (Å²) in [5, 5.41) is 3.45. The molecular weight excluding hydrogens is 346 g/mol. The first-order valence-corrected chi connectivity index (χ1v) is 9.66. The minimum atomic E-state index is -0.233. The maximum Gasteiger partial charge on any atom is 0.251 e. The predicted octanol–water partition coefficient (Wildman–Crippen LogP) is 0.781. The Morgan fingerprint density at radius 2 is 2.07 bits per heavy atom. The van der Waals surface area contributed by atoms with Crippen LogP contribution in [0.25, 0.3) is 0 Å².